The topological polar surface area (TPSA) is 69.0 Å². The van der Waals surface area contributed by atoms with Crippen LogP contribution in [-0.2, 0) is 17.0 Å². The number of methoxy groups -OCH3 is 1. The van der Waals surface area contributed by atoms with Gasteiger partial charge in [-0.05, 0) is 30.2 Å². The molecule has 0 aliphatic rings. The van der Waals surface area contributed by atoms with E-state index in [1.807, 2.05) is 42.5 Å². The predicted octanol–water partition coefficient (Wildman–Crippen LogP) is 4.97. The van der Waals surface area contributed by atoms with Crippen LogP contribution in [0.3, 0.4) is 0 Å². The van der Waals surface area contributed by atoms with E-state index in [0.717, 1.165) is 27.9 Å². The smallest absolute Gasteiger partial charge is 0.251 e. The Morgan fingerprint density at radius 1 is 0.941 bits per heavy atom. The van der Waals surface area contributed by atoms with Gasteiger partial charge in [0.15, 0.2) is 11.0 Å². The Balaban J connectivity index is 1.50. The Morgan fingerprint density at radius 2 is 1.68 bits per heavy atom. The quantitative estimate of drug-likeness (QED) is 0.261. The van der Waals surface area contributed by atoms with E-state index in [4.69, 9.17) is 4.74 Å². The molecule has 7 heteroatoms. The molecule has 0 radical (unpaired) electrons. The monoisotopic (exact) mass is 472 g/mol. The highest BCUT2D eigenvalue weighted by atomic mass is 32.2. The molecule has 0 bridgehead atoms. The van der Waals surface area contributed by atoms with E-state index in [1.165, 1.54) is 11.1 Å². The van der Waals surface area contributed by atoms with Gasteiger partial charge in [0.2, 0.25) is 0 Å². The Hall–Kier alpha value is -3.42. The number of thioether (sulfide) groups is 1. The van der Waals surface area contributed by atoms with Gasteiger partial charge in [0.25, 0.3) is 5.91 Å². The summed E-state index contributed by atoms with van der Waals surface area (Å²) in [4.78, 5) is 12.2. The molecule has 0 saturated heterocycles. The van der Waals surface area contributed by atoms with Gasteiger partial charge in [-0.1, -0.05) is 84.1 Å². The van der Waals surface area contributed by atoms with Crippen LogP contribution in [-0.4, -0.2) is 40.9 Å². The number of aryl methyl sites for hydroxylation is 1. The lowest BCUT2D eigenvalue weighted by Gasteiger charge is -2.11. The number of nitrogens with one attached hydrogen (secondary N) is 1. The molecule has 0 atom stereocenters. The van der Waals surface area contributed by atoms with E-state index in [0.29, 0.717) is 25.3 Å². The molecule has 1 amide bonds. The normalized spacial score (nSPS) is 10.9. The lowest BCUT2D eigenvalue weighted by molar-refractivity contribution is 0.0937. The van der Waals surface area contributed by atoms with Crippen LogP contribution < -0.4 is 5.32 Å². The van der Waals surface area contributed by atoms with E-state index >= 15 is 0 Å². The molecular weight excluding hydrogens is 444 g/mol. The number of rotatable bonds is 10. The average molecular weight is 473 g/mol. The van der Waals surface area contributed by atoms with Gasteiger partial charge in [-0.25, -0.2) is 0 Å². The van der Waals surface area contributed by atoms with Crippen molar-refractivity contribution in [2.75, 3.05) is 20.3 Å². The summed E-state index contributed by atoms with van der Waals surface area (Å²) in [5.74, 6) is 1.49. The van der Waals surface area contributed by atoms with Crippen molar-refractivity contribution in [3.05, 3.63) is 101 Å². The summed E-state index contributed by atoms with van der Waals surface area (Å²) in [6.45, 7) is 3.76. The molecule has 4 rings (SSSR count). The minimum atomic E-state index is -0.0957. The number of benzene rings is 3. The van der Waals surface area contributed by atoms with Gasteiger partial charge in [-0.3, -0.25) is 9.36 Å². The van der Waals surface area contributed by atoms with Crippen molar-refractivity contribution in [2.24, 2.45) is 0 Å². The molecule has 34 heavy (non-hydrogen) atoms. The number of hydrogen-bond donors (Lipinski definition) is 1. The second kappa shape index (κ2) is 11.6. The third-order valence-corrected chi connectivity index (χ3v) is 6.42. The first kappa shape index (κ1) is 23.7. The van der Waals surface area contributed by atoms with Crippen LogP contribution in [0.25, 0.3) is 11.4 Å². The Bertz CT molecular complexity index is 1210. The zero-order chi connectivity index (χ0) is 23.8. The number of nitrogens with zero attached hydrogens (tertiary/aromatic N) is 3. The van der Waals surface area contributed by atoms with Crippen LogP contribution in [0.4, 0.5) is 0 Å². The molecule has 0 aliphatic carbocycles. The first-order chi connectivity index (χ1) is 16.6. The highest BCUT2D eigenvalue weighted by Crippen LogP contribution is 2.27. The first-order valence-corrected chi connectivity index (χ1v) is 12.2. The van der Waals surface area contributed by atoms with Gasteiger partial charge >= 0.3 is 0 Å². The second-order valence-corrected chi connectivity index (χ2v) is 8.92. The molecule has 1 aromatic heterocycles. The molecule has 1 N–H and O–H groups in total. The Morgan fingerprint density at radius 3 is 2.38 bits per heavy atom. The summed E-state index contributed by atoms with van der Waals surface area (Å²) >= 11 is 1.64. The molecule has 0 unspecified atom stereocenters. The summed E-state index contributed by atoms with van der Waals surface area (Å²) < 4.78 is 7.14. The zero-order valence-electron chi connectivity index (χ0n) is 19.4. The van der Waals surface area contributed by atoms with E-state index in [1.54, 1.807) is 18.9 Å². The van der Waals surface area contributed by atoms with Crippen LogP contribution in [0.5, 0.6) is 0 Å². The second-order valence-electron chi connectivity index (χ2n) is 7.98. The minimum Gasteiger partial charge on any atom is -0.383 e. The van der Waals surface area contributed by atoms with Gasteiger partial charge < -0.3 is 10.1 Å². The number of ether oxygens (including phenoxy) is 1. The average Bonchev–Trinajstić information content (AvgIpc) is 3.26. The van der Waals surface area contributed by atoms with Crippen LogP contribution in [0.1, 0.15) is 27.0 Å². The van der Waals surface area contributed by atoms with E-state index in [9.17, 15) is 4.79 Å². The lowest BCUT2D eigenvalue weighted by atomic mass is 10.1. The number of carbonyl (C=O) groups is 1. The molecule has 0 spiro atoms. The van der Waals surface area contributed by atoms with Crippen LogP contribution in [0.15, 0.2) is 84.0 Å². The molecule has 1 heterocycles. The minimum absolute atomic E-state index is 0.0957. The third kappa shape index (κ3) is 6.12. The van der Waals surface area contributed by atoms with Crippen molar-refractivity contribution in [1.29, 1.82) is 0 Å². The molecule has 4 aromatic rings. The summed E-state index contributed by atoms with van der Waals surface area (Å²) in [5, 5.41) is 12.7. The largest absolute Gasteiger partial charge is 0.383 e. The summed E-state index contributed by atoms with van der Waals surface area (Å²) in [6, 6.07) is 26.4. The SMILES string of the molecule is COCCNC(=O)c1ccc(CSc2nnc(-c3ccc(C)cc3)n2Cc2ccccc2)cc1. The van der Waals surface area contributed by atoms with Gasteiger partial charge in [-0.2, -0.15) is 0 Å². The number of hydrogen-bond acceptors (Lipinski definition) is 5. The first-order valence-electron chi connectivity index (χ1n) is 11.2. The standard InChI is InChI=1S/C27H28N4O2S/c1-20-8-12-23(13-9-20)25-29-30-27(31(25)18-21-6-4-3-5-7-21)34-19-22-10-14-24(15-11-22)26(32)28-16-17-33-2/h3-15H,16-19H2,1-2H3,(H,28,32). The highest BCUT2D eigenvalue weighted by molar-refractivity contribution is 7.98. The van der Waals surface area contributed by atoms with Crippen LogP contribution in [0.2, 0.25) is 0 Å². The molecule has 0 fully saturated rings. The maximum absolute atomic E-state index is 12.2. The fraction of sp³-hybridized carbons (Fsp3) is 0.222. The van der Waals surface area contributed by atoms with Crippen molar-refractivity contribution >= 4 is 17.7 Å². The zero-order valence-corrected chi connectivity index (χ0v) is 20.2. The van der Waals surface area contributed by atoms with Gasteiger partial charge in [0.05, 0.1) is 13.2 Å². The van der Waals surface area contributed by atoms with Gasteiger partial charge in [-0.15, -0.1) is 10.2 Å². The molecule has 0 aliphatic heterocycles. The lowest BCUT2D eigenvalue weighted by Crippen LogP contribution is -2.26. The fourth-order valence-corrected chi connectivity index (χ4v) is 4.38. The van der Waals surface area contributed by atoms with Crippen LogP contribution >= 0.6 is 11.8 Å². The molecule has 174 valence electrons. The van der Waals surface area contributed by atoms with E-state index in [2.05, 4.69) is 63.4 Å². The Labute approximate surface area is 204 Å². The van der Waals surface area contributed by atoms with E-state index in [-0.39, 0.29) is 5.91 Å². The van der Waals surface area contributed by atoms with Gasteiger partial charge in [0, 0.05) is 30.5 Å². The third-order valence-electron chi connectivity index (χ3n) is 5.39. The summed E-state index contributed by atoms with van der Waals surface area (Å²) in [6.07, 6.45) is 0. The van der Waals surface area contributed by atoms with Crippen molar-refractivity contribution < 1.29 is 9.53 Å². The number of carbonyl (C=O) groups excluding carboxylic acids is 1. The van der Waals surface area contributed by atoms with Crippen molar-refractivity contribution in [3.8, 4) is 11.4 Å². The fourth-order valence-electron chi connectivity index (χ4n) is 3.49. The molecular formula is C27H28N4O2S. The Kier molecular flexibility index (Phi) is 8.12. The van der Waals surface area contributed by atoms with E-state index < -0.39 is 0 Å². The number of amides is 1. The predicted molar refractivity (Wildman–Crippen MR) is 136 cm³/mol. The van der Waals surface area contributed by atoms with Crippen molar-refractivity contribution in [3.63, 3.8) is 0 Å². The maximum Gasteiger partial charge on any atom is 0.251 e. The van der Waals surface area contributed by atoms with Crippen LogP contribution in [0, 0.1) is 6.92 Å². The van der Waals surface area contributed by atoms with Gasteiger partial charge in [0.1, 0.15) is 0 Å². The number of aromatic nitrogens is 3. The maximum atomic E-state index is 12.2. The summed E-state index contributed by atoms with van der Waals surface area (Å²) in [7, 11) is 1.61. The molecule has 3 aromatic carbocycles. The summed E-state index contributed by atoms with van der Waals surface area (Å²) in [5.41, 5.74) is 5.21. The molecule has 0 saturated carbocycles. The van der Waals surface area contributed by atoms with Crippen molar-refractivity contribution in [2.45, 2.75) is 24.4 Å². The highest BCUT2D eigenvalue weighted by Gasteiger charge is 2.15. The molecule has 6 nitrogen and oxygen atoms in total. The van der Waals surface area contributed by atoms with Crippen molar-refractivity contribution in [1.82, 2.24) is 20.1 Å².